The van der Waals surface area contributed by atoms with E-state index < -0.39 is 0 Å². The maximum atomic E-state index is 13.2. The van der Waals surface area contributed by atoms with Gasteiger partial charge in [-0.05, 0) is 56.5 Å². The standard InChI is InChI=1S/C28H33N5O3/c1-32(22-9-3-2-4-10-22)19-21-8-5-6-11-23(21)30-26(34)20-13-15-33(16-14-20)28-24(18-29)31-27(36-28)25-12-7-17-35-25/h5-8,11-12,17,20,22H,2-4,9-10,13-16,19H2,1H3,(H,30,34). The third-order valence-corrected chi connectivity index (χ3v) is 7.49. The van der Waals surface area contributed by atoms with Gasteiger partial charge in [-0.15, -0.1) is 0 Å². The number of nitriles is 1. The van der Waals surface area contributed by atoms with E-state index in [2.05, 4.69) is 34.4 Å². The highest BCUT2D eigenvalue weighted by atomic mass is 16.4. The molecule has 2 aromatic heterocycles. The molecule has 3 heterocycles. The second-order valence-electron chi connectivity index (χ2n) is 9.88. The molecular weight excluding hydrogens is 454 g/mol. The highest BCUT2D eigenvalue weighted by Crippen LogP contribution is 2.32. The number of nitrogens with one attached hydrogen (secondary N) is 1. The second kappa shape index (κ2) is 11.0. The summed E-state index contributed by atoms with van der Waals surface area (Å²) < 4.78 is 11.2. The summed E-state index contributed by atoms with van der Waals surface area (Å²) in [5, 5.41) is 12.7. The number of hydrogen-bond acceptors (Lipinski definition) is 7. The molecule has 5 rings (SSSR count). The summed E-state index contributed by atoms with van der Waals surface area (Å²) in [4.78, 5) is 21.9. The smallest absolute Gasteiger partial charge is 0.266 e. The molecule has 1 amide bonds. The third kappa shape index (κ3) is 5.31. The van der Waals surface area contributed by atoms with Crippen molar-refractivity contribution in [3.63, 3.8) is 0 Å². The number of carbonyl (C=O) groups is 1. The number of aromatic nitrogens is 1. The van der Waals surface area contributed by atoms with E-state index in [0.717, 1.165) is 17.8 Å². The number of oxazole rings is 1. The Bertz CT molecular complexity index is 1200. The molecule has 8 heteroatoms. The van der Waals surface area contributed by atoms with Crippen LogP contribution in [0.4, 0.5) is 11.6 Å². The SMILES string of the molecule is CN(Cc1ccccc1NC(=O)C1CCN(c2oc(-c3ccco3)nc2C#N)CC1)C1CCCCC1. The van der Waals surface area contributed by atoms with Crippen LogP contribution in [0.3, 0.4) is 0 Å². The summed E-state index contributed by atoms with van der Waals surface area (Å²) in [7, 11) is 2.20. The normalized spacial score (nSPS) is 17.3. The number of benzene rings is 1. The zero-order chi connectivity index (χ0) is 24.9. The zero-order valence-electron chi connectivity index (χ0n) is 20.8. The first-order valence-corrected chi connectivity index (χ1v) is 12.9. The molecule has 2 fully saturated rings. The van der Waals surface area contributed by atoms with Crippen LogP contribution in [0.1, 0.15) is 56.2 Å². The fourth-order valence-electron chi connectivity index (χ4n) is 5.38. The lowest BCUT2D eigenvalue weighted by molar-refractivity contribution is -0.120. The number of rotatable bonds is 7. The van der Waals surface area contributed by atoms with Crippen molar-refractivity contribution < 1.29 is 13.6 Å². The summed E-state index contributed by atoms with van der Waals surface area (Å²) in [6, 6.07) is 14.4. The Kier molecular flexibility index (Phi) is 7.38. The highest BCUT2D eigenvalue weighted by molar-refractivity contribution is 5.93. The largest absolute Gasteiger partial charge is 0.459 e. The zero-order valence-corrected chi connectivity index (χ0v) is 20.8. The first-order chi connectivity index (χ1) is 17.6. The van der Waals surface area contributed by atoms with Gasteiger partial charge in [0.05, 0.1) is 6.26 Å². The van der Waals surface area contributed by atoms with Gasteiger partial charge in [0.25, 0.3) is 5.89 Å². The second-order valence-corrected chi connectivity index (χ2v) is 9.88. The van der Waals surface area contributed by atoms with Gasteiger partial charge >= 0.3 is 0 Å². The van der Waals surface area contributed by atoms with Crippen LogP contribution in [-0.2, 0) is 11.3 Å². The van der Waals surface area contributed by atoms with E-state index in [1.807, 2.05) is 23.1 Å². The van der Waals surface area contributed by atoms with Crippen LogP contribution in [0.2, 0.25) is 0 Å². The summed E-state index contributed by atoms with van der Waals surface area (Å²) >= 11 is 0. The summed E-state index contributed by atoms with van der Waals surface area (Å²) in [6.45, 7) is 2.07. The number of nitrogens with zero attached hydrogens (tertiary/aromatic N) is 4. The van der Waals surface area contributed by atoms with E-state index in [-0.39, 0.29) is 17.5 Å². The first kappa shape index (κ1) is 24.1. The minimum atomic E-state index is -0.0941. The Balaban J connectivity index is 1.20. The number of furan rings is 1. The van der Waals surface area contributed by atoms with Gasteiger partial charge in [-0.3, -0.25) is 9.69 Å². The number of anilines is 2. The molecule has 0 radical (unpaired) electrons. The Morgan fingerprint density at radius 1 is 1.14 bits per heavy atom. The van der Waals surface area contributed by atoms with Gasteiger partial charge in [0.2, 0.25) is 17.5 Å². The molecule has 0 unspecified atom stereocenters. The lowest BCUT2D eigenvalue weighted by Crippen LogP contribution is -2.38. The van der Waals surface area contributed by atoms with Gasteiger partial charge < -0.3 is 19.1 Å². The van der Waals surface area contributed by atoms with Crippen LogP contribution in [0, 0.1) is 17.2 Å². The van der Waals surface area contributed by atoms with Crippen LogP contribution in [0.15, 0.2) is 51.5 Å². The molecule has 8 nitrogen and oxygen atoms in total. The van der Waals surface area contributed by atoms with E-state index in [1.54, 1.807) is 18.4 Å². The molecule has 36 heavy (non-hydrogen) atoms. The number of hydrogen-bond donors (Lipinski definition) is 1. The van der Waals surface area contributed by atoms with Crippen molar-refractivity contribution in [3.05, 3.63) is 53.9 Å². The fraction of sp³-hybridized carbons (Fsp3) is 0.464. The van der Waals surface area contributed by atoms with Crippen LogP contribution in [0.25, 0.3) is 11.7 Å². The fourth-order valence-corrected chi connectivity index (χ4v) is 5.38. The van der Waals surface area contributed by atoms with Gasteiger partial charge in [-0.25, -0.2) is 0 Å². The molecule has 1 aliphatic heterocycles. The van der Waals surface area contributed by atoms with Gasteiger partial charge in [-0.2, -0.15) is 10.2 Å². The minimum absolute atomic E-state index is 0.0526. The van der Waals surface area contributed by atoms with E-state index in [1.165, 1.54) is 32.1 Å². The van der Waals surface area contributed by atoms with E-state index in [9.17, 15) is 10.1 Å². The Morgan fingerprint density at radius 3 is 2.64 bits per heavy atom. The molecule has 1 N–H and O–H groups in total. The summed E-state index contributed by atoms with van der Waals surface area (Å²) in [6.07, 6.45) is 9.36. The van der Waals surface area contributed by atoms with E-state index in [0.29, 0.717) is 49.5 Å². The van der Waals surface area contributed by atoms with Crippen LogP contribution < -0.4 is 10.2 Å². The molecule has 3 aromatic rings. The monoisotopic (exact) mass is 487 g/mol. The van der Waals surface area contributed by atoms with Crippen LogP contribution in [0.5, 0.6) is 0 Å². The third-order valence-electron chi connectivity index (χ3n) is 7.49. The van der Waals surface area contributed by atoms with Gasteiger partial charge in [0, 0.05) is 37.3 Å². The topological polar surface area (TPSA) is 98.5 Å². The first-order valence-electron chi connectivity index (χ1n) is 12.9. The molecule has 0 bridgehead atoms. The molecule has 1 aliphatic carbocycles. The number of piperidine rings is 1. The number of para-hydroxylation sites is 1. The maximum Gasteiger partial charge on any atom is 0.266 e. The average molecular weight is 488 g/mol. The molecule has 1 saturated heterocycles. The maximum absolute atomic E-state index is 13.2. The highest BCUT2D eigenvalue weighted by Gasteiger charge is 2.30. The molecule has 188 valence electrons. The Labute approximate surface area is 211 Å². The van der Waals surface area contributed by atoms with Crippen molar-refractivity contribution in [2.75, 3.05) is 30.4 Å². The van der Waals surface area contributed by atoms with Crippen molar-refractivity contribution in [2.45, 2.75) is 57.5 Å². The Morgan fingerprint density at radius 2 is 1.92 bits per heavy atom. The number of amides is 1. The van der Waals surface area contributed by atoms with Gasteiger partial charge in [-0.1, -0.05) is 37.5 Å². The van der Waals surface area contributed by atoms with E-state index >= 15 is 0 Å². The summed E-state index contributed by atoms with van der Waals surface area (Å²) in [5.41, 5.74) is 2.29. The van der Waals surface area contributed by atoms with Crippen LogP contribution in [-0.4, -0.2) is 42.0 Å². The molecule has 2 aliphatic rings. The average Bonchev–Trinajstić information content (AvgIpc) is 3.61. The number of carbonyl (C=O) groups excluding carboxylic acids is 1. The minimum Gasteiger partial charge on any atom is -0.459 e. The quantitative estimate of drug-likeness (QED) is 0.475. The predicted molar refractivity (Wildman–Crippen MR) is 137 cm³/mol. The molecule has 1 aromatic carbocycles. The Hall–Kier alpha value is -3.57. The predicted octanol–water partition coefficient (Wildman–Crippen LogP) is 5.43. The lowest BCUT2D eigenvalue weighted by atomic mass is 9.94. The van der Waals surface area contributed by atoms with Crippen molar-refractivity contribution >= 4 is 17.5 Å². The van der Waals surface area contributed by atoms with Crippen molar-refractivity contribution in [3.8, 4) is 17.7 Å². The van der Waals surface area contributed by atoms with Gasteiger partial charge in [0.1, 0.15) is 6.07 Å². The molecule has 1 saturated carbocycles. The molecular formula is C28H33N5O3. The van der Waals surface area contributed by atoms with Crippen molar-refractivity contribution in [1.29, 1.82) is 5.26 Å². The molecule has 0 atom stereocenters. The van der Waals surface area contributed by atoms with Gasteiger partial charge in [0.15, 0.2) is 5.76 Å². The molecule has 0 spiro atoms. The lowest BCUT2D eigenvalue weighted by Gasteiger charge is -2.32. The van der Waals surface area contributed by atoms with Crippen LogP contribution >= 0.6 is 0 Å². The van der Waals surface area contributed by atoms with E-state index in [4.69, 9.17) is 8.83 Å². The van der Waals surface area contributed by atoms with Crippen molar-refractivity contribution in [1.82, 2.24) is 9.88 Å². The van der Waals surface area contributed by atoms with Crippen molar-refractivity contribution in [2.24, 2.45) is 5.92 Å². The summed E-state index contributed by atoms with van der Waals surface area (Å²) in [5.74, 6) is 1.18.